The Morgan fingerprint density at radius 3 is 2.28 bits per heavy atom. The highest BCUT2D eigenvalue weighted by molar-refractivity contribution is 5.78. The van der Waals surface area contributed by atoms with Gasteiger partial charge in [-0.1, -0.05) is 69.6 Å². The molecule has 5 fully saturated rings. The lowest BCUT2D eigenvalue weighted by Crippen LogP contribution is -2.58. The van der Waals surface area contributed by atoms with Gasteiger partial charge in [-0.15, -0.1) is 0 Å². The molecule has 0 aromatic heterocycles. The van der Waals surface area contributed by atoms with E-state index in [2.05, 4.69) is 32.9 Å². The molecule has 4 saturated heterocycles. The molecule has 0 amide bonds. The van der Waals surface area contributed by atoms with Gasteiger partial charge in [-0.2, -0.15) is 0 Å². The molecule has 1 spiro atoms. The zero-order valence-electron chi connectivity index (χ0n) is 39.0. The second kappa shape index (κ2) is 20.1. The molecule has 8 aliphatic rings. The van der Waals surface area contributed by atoms with Gasteiger partial charge in [-0.05, 0) is 75.7 Å². The van der Waals surface area contributed by atoms with Crippen LogP contribution in [0.3, 0.4) is 0 Å². The number of rotatable bonds is 7. The zero-order chi connectivity index (χ0) is 45.5. The maximum absolute atomic E-state index is 14.4. The molecule has 1 unspecified atom stereocenters. The van der Waals surface area contributed by atoms with Crippen LogP contribution in [0.25, 0.3) is 0 Å². The highest BCUT2D eigenvalue weighted by Gasteiger charge is 2.60. The van der Waals surface area contributed by atoms with Crippen molar-refractivity contribution in [2.75, 3.05) is 20.8 Å². The summed E-state index contributed by atoms with van der Waals surface area (Å²) in [4.78, 5) is 14.4. The summed E-state index contributed by atoms with van der Waals surface area (Å²) in [5.74, 6) is -2.32. The number of aliphatic hydroxyl groups excluding tert-OH is 2. The van der Waals surface area contributed by atoms with Crippen molar-refractivity contribution in [2.45, 2.75) is 203 Å². The van der Waals surface area contributed by atoms with Gasteiger partial charge in [0.05, 0.1) is 49.3 Å². The first-order chi connectivity index (χ1) is 30.6. The van der Waals surface area contributed by atoms with Crippen molar-refractivity contribution in [3.8, 4) is 0 Å². The summed E-state index contributed by atoms with van der Waals surface area (Å²) in [5, 5.41) is 34.3. The molecule has 14 heteroatoms. The van der Waals surface area contributed by atoms with E-state index in [0.29, 0.717) is 49.2 Å². The van der Waals surface area contributed by atoms with E-state index in [1.54, 1.807) is 40.2 Å². The first-order valence-electron chi connectivity index (χ1n) is 24.0. The zero-order valence-corrected chi connectivity index (χ0v) is 39.0. The van der Waals surface area contributed by atoms with Crippen LogP contribution in [0, 0.1) is 23.7 Å². The molecule has 6 aliphatic heterocycles. The van der Waals surface area contributed by atoms with Crippen molar-refractivity contribution < 1.29 is 67.5 Å². The molecule has 14 nitrogen and oxygen atoms in total. The monoisotopic (exact) mass is 899 g/mol. The number of hydrogen-bond acceptors (Lipinski definition) is 14. The molecular formula is C50H74O14. The predicted octanol–water partition coefficient (Wildman–Crippen LogP) is 5.91. The Morgan fingerprint density at radius 2 is 1.53 bits per heavy atom. The number of allylic oxidation sites excluding steroid dienone is 2. The van der Waals surface area contributed by atoms with Gasteiger partial charge >= 0.3 is 5.97 Å². The molecule has 358 valence electrons. The number of fused-ring (bicyclic) bond motifs is 2. The molecule has 2 aliphatic carbocycles. The number of carbonyl (C=O) groups is 1. The van der Waals surface area contributed by atoms with Gasteiger partial charge in [0.25, 0.3) is 0 Å². The minimum atomic E-state index is -1.83. The summed E-state index contributed by atoms with van der Waals surface area (Å²) >= 11 is 0. The van der Waals surface area contributed by atoms with Crippen LogP contribution >= 0.6 is 0 Å². The van der Waals surface area contributed by atoms with Crippen molar-refractivity contribution in [1.29, 1.82) is 0 Å². The SMILES string of the molecule is CO[C@H]1C[C@@H](O[C@H]2[C@H](C)O[C@H](O[C@@H]3/C(C)=C/CC4C[C@@H](C[C@]5(C=C[C@H](C)[C@@H](C6CCCCC6)O5)O4)OC(=O)[C@@H]4C=C(C)[C@@H](O)[C@H]5OC/C(=C\C=C\[C@@H]3C)[C@]54O)C[C@@H]2OC)O[C@@H](C)[C@@H]1O. The molecule has 6 heterocycles. The van der Waals surface area contributed by atoms with E-state index >= 15 is 0 Å². The van der Waals surface area contributed by atoms with Crippen LogP contribution in [0.4, 0.5) is 0 Å². The largest absolute Gasteiger partial charge is 0.462 e. The van der Waals surface area contributed by atoms with E-state index in [9.17, 15) is 20.1 Å². The summed E-state index contributed by atoms with van der Waals surface area (Å²) in [6.45, 7) is 11.9. The number of methoxy groups -OCH3 is 2. The normalized spacial score (nSPS) is 49.2. The van der Waals surface area contributed by atoms with Crippen LogP contribution in [0.2, 0.25) is 0 Å². The highest BCUT2D eigenvalue weighted by atomic mass is 16.7. The van der Waals surface area contributed by atoms with Crippen LogP contribution < -0.4 is 0 Å². The van der Waals surface area contributed by atoms with Gasteiger partial charge < -0.3 is 62.7 Å². The Morgan fingerprint density at radius 1 is 0.812 bits per heavy atom. The smallest absolute Gasteiger partial charge is 0.316 e. The van der Waals surface area contributed by atoms with Gasteiger partial charge in [-0.3, -0.25) is 4.79 Å². The summed E-state index contributed by atoms with van der Waals surface area (Å²) < 4.78 is 64.1. The Balaban J connectivity index is 1.08. The van der Waals surface area contributed by atoms with Gasteiger partial charge in [0, 0.05) is 51.7 Å². The molecule has 64 heavy (non-hydrogen) atoms. The number of hydrogen-bond donors (Lipinski definition) is 3. The van der Waals surface area contributed by atoms with Gasteiger partial charge in [-0.25, -0.2) is 0 Å². The standard InChI is InChI=1S/C50H74O14/c1-27-13-12-16-34-26-57-47-42(51)30(4)21-37(50(34,47)54)48(53)60-36-22-35(63-49(25-36)20-19-29(3)45(64-49)33-14-10-9-11-15-33)18-17-28(2)44(27)61-41-24-39(56-8)46(32(6)59-41)62-40-23-38(55-7)43(52)31(5)58-40/h12-13,16-17,19-21,27,29,31-33,35-47,51-52,54H,9-11,14-15,18,22-26H2,1-8H3/b13-12+,28-17+,34-16+/t27-,29-,31-,32-,35?,36-,37-,38-,39-,40+,41+,42+,43-,44-,45-,46-,47+,49+,50+/m0/s1. The van der Waals surface area contributed by atoms with Crippen LogP contribution in [-0.2, 0) is 52.2 Å². The first kappa shape index (κ1) is 48.2. The second-order valence-corrected chi connectivity index (χ2v) is 20.0. The molecule has 2 bridgehead atoms. The summed E-state index contributed by atoms with van der Waals surface area (Å²) in [5.41, 5.74) is 0.166. The van der Waals surface area contributed by atoms with Crippen molar-refractivity contribution in [3.63, 3.8) is 0 Å². The van der Waals surface area contributed by atoms with Gasteiger partial charge in [0.2, 0.25) is 0 Å². The molecule has 1 saturated carbocycles. The van der Waals surface area contributed by atoms with Crippen molar-refractivity contribution >= 4 is 5.97 Å². The quantitative estimate of drug-likeness (QED) is 0.204. The van der Waals surface area contributed by atoms with E-state index in [0.717, 1.165) is 18.4 Å². The average molecular weight is 899 g/mol. The third kappa shape index (κ3) is 9.82. The van der Waals surface area contributed by atoms with E-state index in [1.807, 2.05) is 25.2 Å². The molecular weight excluding hydrogens is 825 g/mol. The summed E-state index contributed by atoms with van der Waals surface area (Å²) in [6.07, 6.45) is 13.8. The van der Waals surface area contributed by atoms with Gasteiger partial charge in [0.15, 0.2) is 18.4 Å². The lowest BCUT2D eigenvalue weighted by molar-refractivity contribution is -0.318. The Bertz CT molecular complexity index is 1790. The van der Waals surface area contributed by atoms with Crippen LogP contribution in [0.1, 0.15) is 106 Å². The third-order valence-corrected chi connectivity index (χ3v) is 15.4. The Labute approximate surface area is 379 Å². The van der Waals surface area contributed by atoms with Crippen LogP contribution in [0.15, 0.2) is 59.3 Å². The number of esters is 1. The molecule has 19 atom stereocenters. The molecule has 0 aromatic carbocycles. The second-order valence-electron chi connectivity index (χ2n) is 20.0. The Kier molecular flexibility index (Phi) is 15.1. The van der Waals surface area contributed by atoms with E-state index < -0.39 is 90.8 Å². The van der Waals surface area contributed by atoms with E-state index in [4.69, 9.17) is 47.4 Å². The fourth-order valence-electron chi connectivity index (χ4n) is 11.7. The minimum Gasteiger partial charge on any atom is -0.462 e. The number of ether oxygens (including phenoxy) is 10. The molecule has 3 N–H and O–H groups in total. The van der Waals surface area contributed by atoms with E-state index in [-0.39, 0.29) is 36.8 Å². The highest BCUT2D eigenvalue weighted by Crippen LogP contribution is 2.48. The molecule has 8 rings (SSSR count). The molecule has 0 radical (unpaired) electrons. The molecule has 0 aromatic rings. The van der Waals surface area contributed by atoms with Crippen molar-refractivity contribution in [1.82, 2.24) is 0 Å². The maximum atomic E-state index is 14.4. The number of carbonyl (C=O) groups excluding carboxylic acids is 1. The topological polar surface area (TPSA) is 170 Å². The van der Waals surface area contributed by atoms with Crippen LogP contribution in [0.5, 0.6) is 0 Å². The van der Waals surface area contributed by atoms with Crippen molar-refractivity contribution in [3.05, 3.63) is 59.3 Å². The van der Waals surface area contributed by atoms with Crippen LogP contribution in [-0.4, -0.2) is 139 Å². The third-order valence-electron chi connectivity index (χ3n) is 15.4. The fraction of sp³-hybridized carbons (Fsp3) is 0.780. The first-order valence-corrected chi connectivity index (χ1v) is 24.0. The van der Waals surface area contributed by atoms with Gasteiger partial charge in [0.1, 0.15) is 42.0 Å². The predicted molar refractivity (Wildman–Crippen MR) is 234 cm³/mol. The summed E-state index contributed by atoms with van der Waals surface area (Å²) in [7, 11) is 3.23. The number of aliphatic hydroxyl groups is 3. The lowest BCUT2D eigenvalue weighted by atomic mass is 9.71. The summed E-state index contributed by atoms with van der Waals surface area (Å²) in [6, 6.07) is 0. The lowest BCUT2D eigenvalue weighted by Gasteiger charge is -2.49. The maximum Gasteiger partial charge on any atom is 0.316 e. The fourth-order valence-corrected chi connectivity index (χ4v) is 11.7. The van der Waals surface area contributed by atoms with Crippen molar-refractivity contribution in [2.24, 2.45) is 23.7 Å². The Hall–Kier alpha value is -2.31. The average Bonchev–Trinajstić information content (AvgIpc) is 3.62. The minimum absolute atomic E-state index is 0.0242. The van der Waals surface area contributed by atoms with E-state index in [1.165, 1.54) is 19.3 Å².